The summed E-state index contributed by atoms with van der Waals surface area (Å²) in [6.45, 7) is 0.680. The summed E-state index contributed by atoms with van der Waals surface area (Å²) in [7, 11) is 0. The molecule has 6 heteroatoms. The topological polar surface area (TPSA) is 79.7 Å². The number of morpholine rings is 1. The van der Waals surface area contributed by atoms with Crippen LogP contribution in [0.3, 0.4) is 0 Å². The number of carboxylic acid groups (broad SMARTS) is 1. The molecule has 1 atom stereocenters. The number of nitrogens with zero attached hydrogens (tertiary/aromatic N) is 2. The fraction of sp³-hybridized carbons (Fsp3) is 0.235. The molecule has 0 bridgehead atoms. The highest BCUT2D eigenvalue weighted by atomic mass is 16.5. The number of benzene rings is 1. The van der Waals surface area contributed by atoms with Crippen molar-refractivity contribution in [2.75, 3.05) is 19.7 Å². The monoisotopic (exact) mass is 312 g/mol. The van der Waals surface area contributed by atoms with Crippen molar-refractivity contribution >= 4 is 28.9 Å². The summed E-state index contributed by atoms with van der Waals surface area (Å²) in [5, 5.41) is 9.97. The van der Waals surface area contributed by atoms with Crippen LogP contribution < -0.4 is 0 Å². The Morgan fingerprint density at radius 1 is 1.30 bits per heavy atom. The number of hydrogen-bond donors (Lipinski definition) is 1. The maximum absolute atomic E-state index is 12.2. The van der Waals surface area contributed by atoms with Gasteiger partial charge in [-0.25, -0.2) is 4.79 Å². The number of carbonyl (C=O) groups is 2. The van der Waals surface area contributed by atoms with Gasteiger partial charge < -0.3 is 14.7 Å². The summed E-state index contributed by atoms with van der Waals surface area (Å²) in [5.41, 5.74) is 1.67. The summed E-state index contributed by atoms with van der Waals surface area (Å²) >= 11 is 0. The zero-order valence-electron chi connectivity index (χ0n) is 12.4. The fourth-order valence-electron chi connectivity index (χ4n) is 2.53. The van der Waals surface area contributed by atoms with Crippen molar-refractivity contribution < 1.29 is 19.4 Å². The molecule has 1 aromatic heterocycles. The minimum absolute atomic E-state index is 0.0618. The van der Waals surface area contributed by atoms with Crippen LogP contribution in [-0.4, -0.2) is 52.7 Å². The van der Waals surface area contributed by atoms with E-state index in [0.29, 0.717) is 6.54 Å². The number of aromatic nitrogens is 1. The van der Waals surface area contributed by atoms with Gasteiger partial charge in [0.2, 0.25) is 5.91 Å². The van der Waals surface area contributed by atoms with Crippen LogP contribution in [0.4, 0.5) is 0 Å². The molecule has 0 saturated carbocycles. The minimum atomic E-state index is -1.05. The first-order valence-electron chi connectivity index (χ1n) is 7.30. The molecular weight excluding hydrogens is 296 g/mol. The van der Waals surface area contributed by atoms with Gasteiger partial charge >= 0.3 is 5.97 Å². The number of hydrogen-bond acceptors (Lipinski definition) is 4. The number of carboxylic acids is 1. The average Bonchev–Trinajstić information content (AvgIpc) is 2.59. The van der Waals surface area contributed by atoms with Crippen LogP contribution in [0, 0.1) is 0 Å². The molecule has 1 aromatic carbocycles. The number of pyridine rings is 1. The molecule has 1 unspecified atom stereocenters. The van der Waals surface area contributed by atoms with Gasteiger partial charge in [0.1, 0.15) is 0 Å². The van der Waals surface area contributed by atoms with Crippen molar-refractivity contribution in [2.45, 2.75) is 6.10 Å². The predicted octanol–water partition coefficient (Wildman–Crippen LogP) is 1.56. The van der Waals surface area contributed by atoms with Crippen LogP contribution in [0.5, 0.6) is 0 Å². The molecule has 0 radical (unpaired) electrons. The Hall–Kier alpha value is -2.73. The first kappa shape index (κ1) is 15.2. The van der Waals surface area contributed by atoms with E-state index in [0.717, 1.165) is 16.5 Å². The third kappa shape index (κ3) is 3.37. The van der Waals surface area contributed by atoms with Crippen molar-refractivity contribution in [2.24, 2.45) is 0 Å². The van der Waals surface area contributed by atoms with Gasteiger partial charge in [-0.3, -0.25) is 9.78 Å². The number of ether oxygens (including phenoxy) is 1. The molecule has 1 fully saturated rings. The number of aliphatic carboxylic acids is 1. The van der Waals surface area contributed by atoms with Crippen LogP contribution in [0.1, 0.15) is 5.56 Å². The molecule has 3 rings (SSSR count). The molecule has 1 saturated heterocycles. The molecule has 6 nitrogen and oxygen atoms in total. The van der Waals surface area contributed by atoms with Crippen LogP contribution in [0.15, 0.2) is 42.6 Å². The Morgan fingerprint density at radius 2 is 2.13 bits per heavy atom. The number of para-hydroxylation sites is 1. The van der Waals surface area contributed by atoms with Gasteiger partial charge in [0.25, 0.3) is 0 Å². The molecule has 0 spiro atoms. The lowest BCUT2D eigenvalue weighted by Crippen LogP contribution is -2.48. The third-order valence-corrected chi connectivity index (χ3v) is 3.72. The molecular formula is C17H16N2O4. The van der Waals surface area contributed by atoms with Crippen LogP contribution in [0.25, 0.3) is 17.0 Å². The maximum atomic E-state index is 12.2. The molecule has 118 valence electrons. The van der Waals surface area contributed by atoms with Gasteiger partial charge in [-0.1, -0.05) is 24.3 Å². The average molecular weight is 312 g/mol. The van der Waals surface area contributed by atoms with Crippen LogP contribution >= 0.6 is 0 Å². The number of fused-ring (bicyclic) bond motifs is 1. The summed E-state index contributed by atoms with van der Waals surface area (Å²) < 4.78 is 5.11. The van der Waals surface area contributed by atoms with Gasteiger partial charge in [-0.2, -0.15) is 0 Å². The largest absolute Gasteiger partial charge is 0.479 e. The van der Waals surface area contributed by atoms with Gasteiger partial charge in [-0.15, -0.1) is 0 Å². The van der Waals surface area contributed by atoms with Gasteiger partial charge in [-0.05, 0) is 12.1 Å². The zero-order valence-corrected chi connectivity index (χ0v) is 12.4. The van der Waals surface area contributed by atoms with Crippen molar-refractivity contribution in [3.05, 3.63) is 48.2 Å². The van der Waals surface area contributed by atoms with E-state index in [1.807, 2.05) is 30.3 Å². The van der Waals surface area contributed by atoms with Crippen LogP contribution in [-0.2, 0) is 14.3 Å². The van der Waals surface area contributed by atoms with E-state index in [1.165, 1.54) is 11.0 Å². The van der Waals surface area contributed by atoms with E-state index in [9.17, 15) is 9.59 Å². The number of rotatable bonds is 3. The van der Waals surface area contributed by atoms with E-state index in [4.69, 9.17) is 9.84 Å². The molecule has 2 heterocycles. The first-order valence-corrected chi connectivity index (χ1v) is 7.30. The van der Waals surface area contributed by atoms with Crippen molar-refractivity contribution in [1.82, 2.24) is 9.88 Å². The smallest absolute Gasteiger partial charge is 0.334 e. The molecule has 23 heavy (non-hydrogen) atoms. The number of carbonyl (C=O) groups excluding carboxylic acids is 1. The Bertz CT molecular complexity index is 767. The SMILES string of the molecule is O=C(O)C1CN(C(=O)C=Cc2cccc3cccnc23)CCO1. The molecule has 1 aliphatic rings. The Labute approximate surface area is 133 Å². The molecule has 0 aliphatic carbocycles. The van der Waals surface area contributed by atoms with E-state index in [1.54, 1.807) is 12.3 Å². The van der Waals surface area contributed by atoms with E-state index >= 15 is 0 Å². The van der Waals surface area contributed by atoms with E-state index in [2.05, 4.69) is 4.98 Å². The summed E-state index contributed by atoms with van der Waals surface area (Å²) in [4.78, 5) is 29.0. The van der Waals surface area contributed by atoms with E-state index < -0.39 is 12.1 Å². The molecule has 1 aliphatic heterocycles. The summed E-state index contributed by atoms with van der Waals surface area (Å²) in [6.07, 6.45) is 3.91. The van der Waals surface area contributed by atoms with Gasteiger partial charge in [0, 0.05) is 29.8 Å². The van der Waals surface area contributed by atoms with E-state index in [-0.39, 0.29) is 19.1 Å². The highest BCUT2D eigenvalue weighted by Gasteiger charge is 2.27. The minimum Gasteiger partial charge on any atom is -0.479 e. The molecule has 1 N–H and O–H groups in total. The second-order valence-corrected chi connectivity index (χ2v) is 5.24. The fourth-order valence-corrected chi connectivity index (χ4v) is 2.53. The predicted molar refractivity (Wildman–Crippen MR) is 84.7 cm³/mol. The highest BCUT2D eigenvalue weighted by molar-refractivity contribution is 5.95. The zero-order chi connectivity index (χ0) is 16.2. The Morgan fingerprint density at radius 3 is 2.96 bits per heavy atom. The van der Waals surface area contributed by atoms with Crippen molar-refractivity contribution in [3.63, 3.8) is 0 Å². The standard InChI is InChI=1S/C17H16N2O4/c20-15(19-9-10-23-14(11-19)17(21)22)7-6-13-4-1-3-12-5-2-8-18-16(12)13/h1-8,14H,9-11H2,(H,21,22). The first-order chi connectivity index (χ1) is 11.1. The summed E-state index contributed by atoms with van der Waals surface area (Å²) in [5.74, 6) is -1.28. The number of amides is 1. The summed E-state index contributed by atoms with van der Waals surface area (Å²) in [6, 6.07) is 9.57. The molecule has 2 aromatic rings. The quantitative estimate of drug-likeness (QED) is 0.870. The Kier molecular flexibility index (Phi) is 4.34. The maximum Gasteiger partial charge on any atom is 0.334 e. The second kappa shape index (κ2) is 6.58. The molecule has 1 amide bonds. The lowest BCUT2D eigenvalue weighted by molar-refractivity contribution is -0.158. The van der Waals surface area contributed by atoms with Gasteiger partial charge in [0.15, 0.2) is 6.10 Å². The Balaban J connectivity index is 1.76. The normalized spacial score (nSPS) is 18.4. The highest BCUT2D eigenvalue weighted by Crippen LogP contribution is 2.17. The second-order valence-electron chi connectivity index (χ2n) is 5.24. The lowest BCUT2D eigenvalue weighted by Gasteiger charge is -2.30. The van der Waals surface area contributed by atoms with Crippen molar-refractivity contribution in [3.8, 4) is 0 Å². The third-order valence-electron chi connectivity index (χ3n) is 3.72. The van der Waals surface area contributed by atoms with Crippen LogP contribution in [0.2, 0.25) is 0 Å². The lowest BCUT2D eigenvalue weighted by atomic mass is 10.1. The van der Waals surface area contributed by atoms with Gasteiger partial charge in [0.05, 0.1) is 18.7 Å². The van der Waals surface area contributed by atoms with Crippen molar-refractivity contribution in [1.29, 1.82) is 0 Å².